The summed E-state index contributed by atoms with van der Waals surface area (Å²) in [6.07, 6.45) is 2.60. The van der Waals surface area contributed by atoms with Gasteiger partial charge in [-0.15, -0.1) is 0 Å². The number of amides is 2. The Kier molecular flexibility index (Phi) is 5.23. The fourth-order valence-corrected chi connectivity index (χ4v) is 2.63. The summed E-state index contributed by atoms with van der Waals surface area (Å²) in [6, 6.07) is 8.60. The number of hydrogen-bond donors (Lipinski definition) is 2. The van der Waals surface area contributed by atoms with Crippen molar-refractivity contribution in [2.75, 3.05) is 13.2 Å². The van der Waals surface area contributed by atoms with E-state index in [0.29, 0.717) is 0 Å². The Bertz CT molecular complexity index is 462. The van der Waals surface area contributed by atoms with Gasteiger partial charge in [-0.25, -0.2) is 4.79 Å². The molecular weight excluding hydrogens is 264 g/mol. The number of benzene rings is 1. The number of carbonyl (C=O) groups excluding carboxylic acids is 1. The van der Waals surface area contributed by atoms with Crippen LogP contribution < -0.4 is 10.6 Å². The van der Waals surface area contributed by atoms with E-state index in [-0.39, 0.29) is 17.6 Å². The Morgan fingerprint density at radius 2 is 1.86 bits per heavy atom. The summed E-state index contributed by atoms with van der Waals surface area (Å²) in [4.78, 5) is 12.1. The van der Waals surface area contributed by atoms with Crippen molar-refractivity contribution in [3.63, 3.8) is 0 Å². The van der Waals surface area contributed by atoms with E-state index in [1.807, 2.05) is 0 Å². The number of aryl methyl sites for hydroxylation is 1. The number of urea groups is 1. The Labute approximate surface area is 127 Å². The van der Waals surface area contributed by atoms with Gasteiger partial charge in [-0.3, -0.25) is 0 Å². The Hall–Kier alpha value is -1.55. The molecule has 2 amide bonds. The number of carbonyl (C=O) groups is 1. The monoisotopic (exact) mass is 290 g/mol. The molecule has 2 rings (SSSR count). The molecule has 2 N–H and O–H groups in total. The van der Waals surface area contributed by atoms with Crippen LogP contribution >= 0.6 is 0 Å². The molecule has 0 aromatic heterocycles. The minimum absolute atomic E-state index is 0.0842. The predicted octanol–water partition coefficient (Wildman–Crippen LogP) is 2.79. The molecule has 116 valence electrons. The molecule has 0 radical (unpaired) electrons. The maximum absolute atomic E-state index is 12.1. The van der Waals surface area contributed by atoms with Gasteiger partial charge in [0.05, 0.1) is 0 Å². The summed E-state index contributed by atoms with van der Waals surface area (Å²) < 4.78 is 5.30. The molecule has 1 aliphatic rings. The molecule has 1 aromatic rings. The van der Waals surface area contributed by atoms with Gasteiger partial charge in [-0.2, -0.15) is 0 Å². The van der Waals surface area contributed by atoms with Crippen molar-refractivity contribution in [3.8, 4) is 0 Å². The van der Waals surface area contributed by atoms with Gasteiger partial charge in [0.2, 0.25) is 0 Å². The third kappa shape index (κ3) is 5.38. The lowest BCUT2D eigenvalue weighted by Crippen LogP contribution is -2.52. The summed E-state index contributed by atoms with van der Waals surface area (Å²) in [5, 5.41) is 6.12. The zero-order chi connectivity index (χ0) is 15.3. The van der Waals surface area contributed by atoms with E-state index in [0.717, 1.165) is 32.5 Å². The SMILES string of the molecule is Cc1ccc(CC(C)(C)NC(=O)NC2CCOCC2)cc1. The maximum atomic E-state index is 12.1. The van der Waals surface area contributed by atoms with Crippen LogP contribution in [0.4, 0.5) is 4.79 Å². The van der Waals surface area contributed by atoms with Gasteiger partial charge >= 0.3 is 6.03 Å². The lowest BCUT2D eigenvalue weighted by molar-refractivity contribution is 0.0797. The normalized spacial score (nSPS) is 16.5. The Balaban J connectivity index is 1.84. The van der Waals surface area contributed by atoms with E-state index >= 15 is 0 Å². The average Bonchev–Trinajstić information content (AvgIpc) is 2.41. The molecule has 0 bridgehead atoms. The number of ether oxygens (including phenoxy) is 1. The standard InChI is InChI=1S/C17H26N2O2/c1-13-4-6-14(7-5-13)12-17(2,3)19-16(20)18-15-8-10-21-11-9-15/h4-7,15H,8-12H2,1-3H3,(H2,18,19,20). The van der Waals surface area contributed by atoms with Crippen LogP contribution in [0.1, 0.15) is 37.8 Å². The first-order valence-corrected chi connectivity index (χ1v) is 7.67. The molecule has 1 aliphatic heterocycles. The minimum Gasteiger partial charge on any atom is -0.381 e. The van der Waals surface area contributed by atoms with E-state index in [4.69, 9.17) is 4.74 Å². The van der Waals surface area contributed by atoms with E-state index in [9.17, 15) is 4.79 Å². The van der Waals surface area contributed by atoms with E-state index in [1.165, 1.54) is 11.1 Å². The average molecular weight is 290 g/mol. The molecule has 1 aromatic carbocycles. The molecule has 0 aliphatic carbocycles. The highest BCUT2D eigenvalue weighted by Crippen LogP contribution is 2.14. The highest BCUT2D eigenvalue weighted by atomic mass is 16.5. The topological polar surface area (TPSA) is 50.4 Å². The molecule has 0 unspecified atom stereocenters. The van der Waals surface area contributed by atoms with Crippen LogP contribution in [0.5, 0.6) is 0 Å². The fraction of sp³-hybridized carbons (Fsp3) is 0.588. The van der Waals surface area contributed by atoms with Crippen LogP contribution in [0.3, 0.4) is 0 Å². The van der Waals surface area contributed by atoms with Gasteiger partial charge in [0.15, 0.2) is 0 Å². The molecule has 1 heterocycles. The van der Waals surface area contributed by atoms with Crippen molar-refractivity contribution in [3.05, 3.63) is 35.4 Å². The number of rotatable bonds is 4. The van der Waals surface area contributed by atoms with Gasteiger partial charge in [0.25, 0.3) is 0 Å². The smallest absolute Gasteiger partial charge is 0.315 e. The van der Waals surface area contributed by atoms with Crippen LogP contribution in [-0.2, 0) is 11.2 Å². The van der Waals surface area contributed by atoms with Crippen molar-refractivity contribution in [2.24, 2.45) is 0 Å². The van der Waals surface area contributed by atoms with Gasteiger partial charge in [-0.1, -0.05) is 29.8 Å². The van der Waals surface area contributed by atoms with Crippen molar-refractivity contribution in [1.82, 2.24) is 10.6 Å². The first-order chi connectivity index (χ1) is 9.94. The van der Waals surface area contributed by atoms with Gasteiger partial charge in [-0.05, 0) is 45.6 Å². The first kappa shape index (κ1) is 15.8. The third-order valence-corrected chi connectivity index (χ3v) is 3.78. The number of hydrogen-bond acceptors (Lipinski definition) is 2. The fourth-order valence-electron chi connectivity index (χ4n) is 2.63. The second-order valence-corrected chi connectivity index (χ2v) is 6.53. The maximum Gasteiger partial charge on any atom is 0.315 e. The molecule has 0 atom stereocenters. The quantitative estimate of drug-likeness (QED) is 0.896. The Morgan fingerprint density at radius 3 is 2.48 bits per heavy atom. The van der Waals surface area contributed by atoms with E-state index in [2.05, 4.69) is 55.7 Å². The van der Waals surface area contributed by atoms with Crippen LogP contribution in [0.15, 0.2) is 24.3 Å². The zero-order valence-corrected chi connectivity index (χ0v) is 13.2. The molecular formula is C17H26N2O2. The number of nitrogens with one attached hydrogen (secondary N) is 2. The van der Waals surface area contributed by atoms with Crippen LogP contribution in [0, 0.1) is 6.92 Å². The molecule has 4 nitrogen and oxygen atoms in total. The Morgan fingerprint density at radius 1 is 1.24 bits per heavy atom. The second-order valence-electron chi connectivity index (χ2n) is 6.53. The van der Waals surface area contributed by atoms with Gasteiger partial charge < -0.3 is 15.4 Å². The second kappa shape index (κ2) is 6.94. The van der Waals surface area contributed by atoms with Crippen molar-refractivity contribution >= 4 is 6.03 Å². The molecule has 21 heavy (non-hydrogen) atoms. The molecule has 1 saturated heterocycles. The predicted molar refractivity (Wildman–Crippen MR) is 84.5 cm³/mol. The van der Waals surface area contributed by atoms with Gasteiger partial charge in [0, 0.05) is 24.8 Å². The van der Waals surface area contributed by atoms with E-state index < -0.39 is 0 Å². The van der Waals surface area contributed by atoms with E-state index in [1.54, 1.807) is 0 Å². The van der Waals surface area contributed by atoms with Crippen molar-refractivity contribution in [1.29, 1.82) is 0 Å². The van der Waals surface area contributed by atoms with Crippen molar-refractivity contribution in [2.45, 2.75) is 51.6 Å². The van der Waals surface area contributed by atoms with Gasteiger partial charge in [0.1, 0.15) is 0 Å². The summed E-state index contributed by atoms with van der Waals surface area (Å²) in [5.74, 6) is 0. The summed E-state index contributed by atoms with van der Waals surface area (Å²) >= 11 is 0. The van der Waals surface area contributed by atoms with Crippen LogP contribution in [0.2, 0.25) is 0 Å². The molecule has 0 spiro atoms. The lowest BCUT2D eigenvalue weighted by Gasteiger charge is -2.29. The highest BCUT2D eigenvalue weighted by molar-refractivity contribution is 5.75. The summed E-state index contributed by atoms with van der Waals surface area (Å²) in [5.41, 5.74) is 2.21. The zero-order valence-electron chi connectivity index (χ0n) is 13.2. The molecule has 0 saturated carbocycles. The van der Waals surface area contributed by atoms with Crippen LogP contribution in [-0.4, -0.2) is 30.8 Å². The third-order valence-electron chi connectivity index (χ3n) is 3.78. The summed E-state index contributed by atoms with van der Waals surface area (Å²) in [6.45, 7) is 7.65. The summed E-state index contributed by atoms with van der Waals surface area (Å²) in [7, 11) is 0. The first-order valence-electron chi connectivity index (χ1n) is 7.67. The molecule has 4 heteroatoms. The lowest BCUT2D eigenvalue weighted by atomic mass is 9.94. The van der Waals surface area contributed by atoms with Crippen molar-refractivity contribution < 1.29 is 9.53 Å². The highest BCUT2D eigenvalue weighted by Gasteiger charge is 2.23. The molecule has 1 fully saturated rings. The van der Waals surface area contributed by atoms with Crippen LogP contribution in [0.25, 0.3) is 0 Å². The largest absolute Gasteiger partial charge is 0.381 e. The minimum atomic E-state index is -0.273.